The Morgan fingerprint density at radius 1 is 1.08 bits per heavy atom. The van der Waals surface area contributed by atoms with E-state index in [1.807, 2.05) is 0 Å². The normalized spacial score (nSPS) is 11.4. The van der Waals surface area contributed by atoms with Gasteiger partial charge in [0.25, 0.3) is 0 Å². The minimum absolute atomic E-state index is 0.197. The van der Waals surface area contributed by atoms with Gasteiger partial charge >= 0.3 is 6.03 Å². The van der Waals surface area contributed by atoms with E-state index in [0.717, 1.165) is 16.5 Å². The minimum Gasteiger partial charge on any atom is -0.350 e. The van der Waals surface area contributed by atoms with E-state index in [4.69, 9.17) is 17.3 Å². The van der Waals surface area contributed by atoms with Gasteiger partial charge in [-0.05, 0) is 29.8 Å². The molecule has 0 saturated heterocycles. The number of carbonyl (C=O) groups is 1. The van der Waals surface area contributed by atoms with Gasteiger partial charge in [0.15, 0.2) is 9.84 Å². The molecule has 0 unspecified atom stereocenters. The highest BCUT2D eigenvalue weighted by Crippen LogP contribution is 2.31. The molecule has 25 heavy (non-hydrogen) atoms. The second-order valence-electron chi connectivity index (χ2n) is 5.39. The summed E-state index contributed by atoms with van der Waals surface area (Å²) in [5.74, 6) is 0. The highest BCUT2D eigenvalue weighted by Gasteiger charge is 2.17. The second-order valence-corrected chi connectivity index (χ2v) is 7.84. The van der Waals surface area contributed by atoms with Crippen LogP contribution in [0.5, 0.6) is 0 Å². The first-order valence-corrected chi connectivity index (χ1v) is 9.41. The van der Waals surface area contributed by atoms with Crippen molar-refractivity contribution in [3.63, 3.8) is 0 Å². The molecule has 0 aliphatic carbocycles. The lowest BCUT2D eigenvalue weighted by molar-refractivity contribution is 0.247. The van der Waals surface area contributed by atoms with Gasteiger partial charge in [0.05, 0.1) is 4.90 Å². The maximum Gasteiger partial charge on any atom is 0.340 e. The fraction of sp³-hybridized carbons (Fsp3) is 0.0588. The maximum absolute atomic E-state index is 11.6. The Labute approximate surface area is 149 Å². The van der Waals surface area contributed by atoms with Crippen LogP contribution < -0.4 is 5.73 Å². The van der Waals surface area contributed by atoms with Gasteiger partial charge in [-0.1, -0.05) is 35.9 Å². The summed E-state index contributed by atoms with van der Waals surface area (Å²) >= 11 is 5.91. The fourth-order valence-electron chi connectivity index (χ4n) is 2.32. The molecule has 1 heterocycles. The number of aromatic nitrogens is 2. The van der Waals surface area contributed by atoms with Crippen LogP contribution >= 0.6 is 11.6 Å². The lowest BCUT2D eigenvalue weighted by atomic mass is 10.0. The van der Waals surface area contributed by atoms with Crippen LogP contribution in [-0.4, -0.2) is 30.5 Å². The molecule has 3 rings (SSSR count). The third-order valence-corrected chi connectivity index (χ3v) is 4.93. The number of benzene rings is 2. The smallest absolute Gasteiger partial charge is 0.340 e. The van der Waals surface area contributed by atoms with Gasteiger partial charge in [0.2, 0.25) is 0 Å². The van der Waals surface area contributed by atoms with Crippen molar-refractivity contribution in [2.75, 3.05) is 6.26 Å². The zero-order chi connectivity index (χ0) is 18.2. The van der Waals surface area contributed by atoms with Crippen molar-refractivity contribution < 1.29 is 13.2 Å². The average Bonchev–Trinajstić information content (AvgIpc) is 3.00. The van der Waals surface area contributed by atoms with Crippen LogP contribution in [0.25, 0.3) is 22.4 Å². The Hall–Kier alpha value is -2.64. The Balaban J connectivity index is 2.14. The standard InChI is InChI=1S/C17H13ClN3O3S/c1-25(23,24)14-8-4-12(5-9-14)16-15(10-21(20-16)17(19)22)11-2-6-13(18)7-3-11/h2-9H,1H3,(H2,19,22). The molecule has 0 fully saturated rings. The van der Waals surface area contributed by atoms with Crippen molar-refractivity contribution in [3.05, 3.63) is 59.8 Å². The first-order valence-electron chi connectivity index (χ1n) is 7.14. The monoisotopic (exact) mass is 374 g/mol. The van der Waals surface area contributed by atoms with E-state index < -0.39 is 15.9 Å². The molecule has 0 bridgehead atoms. The zero-order valence-electron chi connectivity index (χ0n) is 13.1. The van der Waals surface area contributed by atoms with Gasteiger partial charge in [-0.25, -0.2) is 13.2 Å². The van der Waals surface area contributed by atoms with Crippen molar-refractivity contribution in [1.29, 1.82) is 0 Å². The molecule has 0 spiro atoms. The molecule has 0 atom stereocenters. The van der Waals surface area contributed by atoms with E-state index in [9.17, 15) is 13.2 Å². The number of carbonyl (C=O) groups excluding carboxylic acids is 1. The average molecular weight is 375 g/mol. The lowest BCUT2D eigenvalue weighted by Gasteiger charge is -2.04. The van der Waals surface area contributed by atoms with Crippen molar-refractivity contribution >= 4 is 27.5 Å². The molecule has 0 aliphatic heterocycles. The number of primary amides is 1. The molecule has 2 aromatic carbocycles. The van der Waals surface area contributed by atoms with Crippen LogP contribution in [0.4, 0.5) is 4.79 Å². The molecule has 1 amide bonds. The topological polar surface area (TPSA) is 95.1 Å². The SMILES string of the molecule is CS(=O)(=O)c1ccc(-c2nn(C(N)=O)[c]c2-c2ccc(Cl)cc2)cc1. The predicted molar refractivity (Wildman–Crippen MR) is 95.0 cm³/mol. The van der Waals surface area contributed by atoms with Crippen LogP contribution in [0.2, 0.25) is 5.02 Å². The molecule has 6 nitrogen and oxygen atoms in total. The molecule has 8 heteroatoms. The van der Waals surface area contributed by atoms with Crippen LogP contribution in [0.1, 0.15) is 0 Å². The number of nitrogens with zero attached hydrogens (tertiary/aromatic N) is 2. The van der Waals surface area contributed by atoms with Gasteiger partial charge in [0, 0.05) is 22.4 Å². The van der Waals surface area contributed by atoms with E-state index >= 15 is 0 Å². The fourth-order valence-corrected chi connectivity index (χ4v) is 3.07. The number of hydrogen-bond donors (Lipinski definition) is 1. The quantitative estimate of drug-likeness (QED) is 0.762. The summed E-state index contributed by atoms with van der Waals surface area (Å²) in [7, 11) is -3.30. The Kier molecular flexibility index (Phi) is 4.36. The molecule has 1 radical (unpaired) electrons. The van der Waals surface area contributed by atoms with E-state index in [1.165, 1.54) is 12.1 Å². The van der Waals surface area contributed by atoms with Crippen LogP contribution in [-0.2, 0) is 9.84 Å². The summed E-state index contributed by atoms with van der Waals surface area (Å²) in [5.41, 5.74) is 7.69. The van der Waals surface area contributed by atoms with Crippen molar-refractivity contribution in [3.8, 4) is 22.4 Å². The Morgan fingerprint density at radius 3 is 2.16 bits per heavy atom. The molecule has 1 aromatic heterocycles. The summed E-state index contributed by atoms with van der Waals surface area (Å²) in [6, 6.07) is 12.4. The number of sulfone groups is 1. The lowest BCUT2D eigenvalue weighted by Crippen LogP contribution is -2.20. The summed E-state index contributed by atoms with van der Waals surface area (Å²) in [4.78, 5) is 11.7. The minimum atomic E-state index is -3.30. The van der Waals surface area contributed by atoms with Gasteiger partial charge < -0.3 is 5.73 Å². The van der Waals surface area contributed by atoms with Gasteiger partial charge in [-0.15, -0.1) is 0 Å². The second kappa shape index (κ2) is 6.34. The third kappa shape index (κ3) is 3.57. The van der Waals surface area contributed by atoms with Crippen molar-refractivity contribution in [2.45, 2.75) is 4.90 Å². The molecular formula is C17H13ClN3O3S. The van der Waals surface area contributed by atoms with E-state index in [1.54, 1.807) is 36.4 Å². The van der Waals surface area contributed by atoms with E-state index in [2.05, 4.69) is 11.3 Å². The van der Waals surface area contributed by atoms with Gasteiger partial charge in [0.1, 0.15) is 11.9 Å². The summed E-state index contributed by atoms with van der Waals surface area (Å²) in [6.45, 7) is 0. The highest BCUT2D eigenvalue weighted by molar-refractivity contribution is 7.90. The molecule has 2 N–H and O–H groups in total. The Morgan fingerprint density at radius 2 is 1.64 bits per heavy atom. The first-order chi connectivity index (χ1) is 11.8. The van der Waals surface area contributed by atoms with Crippen LogP contribution in [0, 0.1) is 6.20 Å². The largest absolute Gasteiger partial charge is 0.350 e. The number of hydrogen-bond acceptors (Lipinski definition) is 4. The summed E-state index contributed by atoms with van der Waals surface area (Å²) < 4.78 is 24.1. The summed E-state index contributed by atoms with van der Waals surface area (Å²) in [5, 5.41) is 4.75. The highest BCUT2D eigenvalue weighted by atomic mass is 35.5. The molecule has 0 saturated carbocycles. The number of amides is 1. The third-order valence-electron chi connectivity index (χ3n) is 3.55. The van der Waals surface area contributed by atoms with Gasteiger partial charge in [-0.2, -0.15) is 9.78 Å². The summed E-state index contributed by atoms with van der Waals surface area (Å²) in [6.07, 6.45) is 3.97. The van der Waals surface area contributed by atoms with Gasteiger partial charge in [-0.3, -0.25) is 0 Å². The number of halogens is 1. The van der Waals surface area contributed by atoms with E-state index in [0.29, 0.717) is 21.8 Å². The van der Waals surface area contributed by atoms with Crippen molar-refractivity contribution in [1.82, 2.24) is 9.78 Å². The van der Waals surface area contributed by atoms with E-state index in [-0.39, 0.29) is 4.90 Å². The zero-order valence-corrected chi connectivity index (χ0v) is 14.7. The predicted octanol–water partition coefficient (Wildman–Crippen LogP) is 3.00. The van der Waals surface area contributed by atoms with Crippen molar-refractivity contribution in [2.24, 2.45) is 5.73 Å². The molecular weight excluding hydrogens is 362 g/mol. The number of nitrogens with two attached hydrogens (primary N) is 1. The Bertz CT molecular complexity index is 1040. The first kappa shape index (κ1) is 17.2. The molecule has 3 aromatic rings. The molecule has 0 aliphatic rings. The number of rotatable bonds is 3. The maximum atomic E-state index is 11.6. The van der Waals surface area contributed by atoms with Crippen LogP contribution in [0.3, 0.4) is 0 Å². The molecule has 127 valence electrons. The van der Waals surface area contributed by atoms with Crippen LogP contribution in [0.15, 0.2) is 53.4 Å².